The first kappa shape index (κ1) is 19.9. The first-order chi connectivity index (χ1) is 16.3. The van der Waals surface area contributed by atoms with Gasteiger partial charge in [0.25, 0.3) is 0 Å². The van der Waals surface area contributed by atoms with Crippen LogP contribution in [0.3, 0.4) is 0 Å². The van der Waals surface area contributed by atoms with Gasteiger partial charge in [0.1, 0.15) is 0 Å². The number of benzene rings is 3. The maximum atomic E-state index is 5.25. The molecular weight excluding hydrogens is 400 g/mol. The predicted octanol–water partition coefficient (Wildman–Crippen LogP) is 7.72. The first-order valence-electron chi connectivity index (χ1n) is 11.8. The van der Waals surface area contributed by atoms with Gasteiger partial charge in [0.2, 0.25) is 0 Å². The SMILES string of the molecule is CC1=NC2=C(CCc3c(-c4ccccc4)cc(-c4ccccc4)nc32)C(c2ccccc2)C1. The highest BCUT2D eigenvalue weighted by molar-refractivity contribution is 5.94. The molecule has 2 heterocycles. The molecule has 0 bridgehead atoms. The highest BCUT2D eigenvalue weighted by atomic mass is 14.9. The Bertz CT molecular complexity index is 1370. The van der Waals surface area contributed by atoms with Crippen molar-refractivity contribution in [2.24, 2.45) is 4.99 Å². The number of allylic oxidation sites excluding steroid dienone is 1. The Kier molecular flexibility index (Phi) is 4.99. The van der Waals surface area contributed by atoms with Crippen molar-refractivity contribution >= 4 is 11.4 Å². The van der Waals surface area contributed by atoms with Gasteiger partial charge in [-0.2, -0.15) is 0 Å². The van der Waals surface area contributed by atoms with E-state index in [1.54, 1.807) is 0 Å². The normalized spacial score (nSPS) is 17.2. The number of aromatic nitrogens is 1. The number of fused-ring (bicyclic) bond motifs is 2. The summed E-state index contributed by atoms with van der Waals surface area (Å²) in [5.74, 6) is 0.384. The smallest absolute Gasteiger partial charge is 0.0931 e. The molecule has 1 unspecified atom stereocenters. The predicted molar refractivity (Wildman–Crippen MR) is 137 cm³/mol. The molecular formula is C31H26N2. The molecule has 160 valence electrons. The van der Waals surface area contributed by atoms with Crippen LogP contribution in [-0.4, -0.2) is 10.7 Å². The molecule has 1 aromatic heterocycles. The minimum Gasteiger partial charge on any atom is -0.256 e. The second kappa shape index (κ2) is 8.29. The van der Waals surface area contributed by atoms with Crippen LogP contribution >= 0.6 is 0 Å². The van der Waals surface area contributed by atoms with Crippen molar-refractivity contribution < 1.29 is 0 Å². The highest BCUT2D eigenvalue weighted by Gasteiger charge is 2.32. The van der Waals surface area contributed by atoms with Gasteiger partial charge in [0.15, 0.2) is 0 Å². The molecule has 0 spiro atoms. The molecule has 0 saturated carbocycles. The van der Waals surface area contributed by atoms with Gasteiger partial charge in [-0.05, 0) is 60.1 Å². The molecule has 0 amide bonds. The van der Waals surface area contributed by atoms with Crippen LogP contribution in [0.15, 0.2) is 108 Å². The van der Waals surface area contributed by atoms with Gasteiger partial charge in [0, 0.05) is 17.2 Å². The molecule has 0 fully saturated rings. The van der Waals surface area contributed by atoms with E-state index in [1.165, 1.54) is 33.5 Å². The number of pyridine rings is 1. The maximum absolute atomic E-state index is 5.25. The molecule has 1 aliphatic carbocycles. The number of hydrogen-bond acceptors (Lipinski definition) is 2. The van der Waals surface area contributed by atoms with Gasteiger partial charge in [0.05, 0.1) is 17.1 Å². The van der Waals surface area contributed by atoms with Gasteiger partial charge in [-0.25, -0.2) is 4.98 Å². The lowest BCUT2D eigenvalue weighted by atomic mass is 9.76. The van der Waals surface area contributed by atoms with E-state index < -0.39 is 0 Å². The zero-order valence-electron chi connectivity index (χ0n) is 18.8. The van der Waals surface area contributed by atoms with Gasteiger partial charge in [-0.3, -0.25) is 4.99 Å². The Labute approximate surface area is 195 Å². The molecule has 33 heavy (non-hydrogen) atoms. The highest BCUT2D eigenvalue weighted by Crippen LogP contribution is 2.46. The van der Waals surface area contributed by atoms with Crippen molar-refractivity contribution in [3.8, 4) is 22.4 Å². The monoisotopic (exact) mass is 426 g/mol. The average Bonchev–Trinajstić information content (AvgIpc) is 2.89. The van der Waals surface area contributed by atoms with E-state index in [0.717, 1.165) is 41.9 Å². The third-order valence-electron chi connectivity index (χ3n) is 6.88. The molecule has 0 radical (unpaired) electrons. The lowest BCUT2D eigenvalue weighted by Gasteiger charge is -2.32. The van der Waals surface area contributed by atoms with Crippen LogP contribution in [-0.2, 0) is 6.42 Å². The molecule has 1 atom stereocenters. The molecule has 4 aromatic rings. The summed E-state index contributed by atoms with van der Waals surface area (Å²) in [5.41, 5.74) is 12.2. The molecule has 2 aliphatic rings. The summed E-state index contributed by atoms with van der Waals surface area (Å²) in [6, 6.07) is 34.4. The Morgan fingerprint density at radius 3 is 2.06 bits per heavy atom. The number of hydrogen-bond donors (Lipinski definition) is 0. The third kappa shape index (κ3) is 3.62. The summed E-state index contributed by atoms with van der Waals surface area (Å²) in [4.78, 5) is 10.4. The molecule has 1 aliphatic heterocycles. The fraction of sp³-hybridized carbons (Fsp3) is 0.161. The summed E-state index contributed by atoms with van der Waals surface area (Å²) in [7, 11) is 0. The van der Waals surface area contributed by atoms with E-state index in [4.69, 9.17) is 9.98 Å². The van der Waals surface area contributed by atoms with Crippen molar-refractivity contribution in [1.29, 1.82) is 0 Å². The van der Waals surface area contributed by atoms with Gasteiger partial charge in [-0.15, -0.1) is 0 Å². The minimum absolute atomic E-state index is 0.384. The van der Waals surface area contributed by atoms with Gasteiger partial charge < -0.3 is 0 Å². The molecule has 0 saturated heterocycles. The lowest BCUT2D eigenvalue weighted by molar-refractivity contribution is 0.734. The summed E-state index contributed by atoms with van der Waals surface area (Å²) < 4.78 is 0. The summed E-state index contributed by atoms with van der Waals surface area (Å²) in [5, 5.41) is 0. The maximum Gasteiger partial charge on any atom is 0.0931 e. The average molecular weight is 427 g/mol. The van der Waals surface area contributed by atoms with Crippen molar-refractivity contribution in [2.75, 3.05) is 0 Å². The number of aliphatic imine (C=N–C) groups is 1. The molecule has 6 rings (SSSR count). The Morgan fingerprint density at radius 1 is 0.727 bits per heavy atom. The lowest BCUT2D eigenvalue weighted by Crippen LogP contribution is -2.19. The number of nitrogens with zero attached hydrogens (tertiary/aromatic N) is 2. The Hall–Kier alpha value is -3.78. The molecule has 3 aromatic carbocycles. The largest absolute Gasteiger partial charge is 0.256 e. The molecule has 2 nitrogen and oxygen atoms in total. The van der Waals surface area contributed by atoms with Crippen molar-refractivity contribution in [1.82, 2.24) is 4.98 Å². The van der Waals surface area contributed by atoms with Gasteiger partial charge in [-0.1, -0.05) is 91.0 Å². The van der Waals surface area contributed by atoms with Crippen LogP contribution in [0, 0.1) is 0 Å². The van der Waals surface area contributed by atoms with Crippen LogP contribution in [0.2, 0.25) is 0 Å². The zero-order chi connectivity index (χ0) is 22.2. The van der Waals surface area contributed by atoms with E-state index in [9.17, 15) is 0 Å². The fourth-order valence-corrected chi connectivity index (χ4v) is 5.31. The topological polar surface area (TPSA) is 25.2 Å². The van der Waals surface area contributed by atoms with Crippen LogP contribution in [0.5, 0.6) is 0 Å². The molecule has 0 N–H and O–H groups in total. The number of rotatable bonds is 3. The second-order valence-electron chi connectivity index (χ2n) is 9.00. The quantitative estimate of drug-likeness (QED) is 0.329. The Balaban J connectivity index is 1.59. The van der Waals surface area contributed by atoms with Crippen LogP contribution in [0.25, 0.3) is 28.1 Å². The van der Waals surface area contributed by atoms with Crippen molar-refractivity contribution in [2.45, 2.75) is 32.1 Å². The molecule has 2 heteroatoms. The zero-order valence-corrected chi connectivity index (χ0v) is 18.8. The van der Waals surface area contributed by atoms with Crippen molar-refractivity contribution in [3.63, 3.8) is 0 Å². The summed E-state index contributed by atoms with van der Waals surface area (Å²) >= 11 is 0. The van der Waals surface area contributed by atoms with E-state index in [0.29, 0.717) is 5.92 Å². The van der Waals surface area contributed by atoms with Crippen LogP contribution < -0.4 is 0 Å². The standard InChI is InChI=1S/C31H26N2/c1-21-19-27(22-11-5-2-6-12-22)25-17-18-26-28(23-13-7-3-8-14-23)20-29(24-15-9-4-10-16-24)33-31(26)30(25)32-21/h2-16,20,27H,17-19H2,1H3. The van der Waals surface area contributed by atoms with Crippen LogP contribution in [0.4, 0.5) is 0 Å². The Morgan fingerprint density at radius 2 is 1.36 bits per heavy atom. The first-order valence-corrected chi connectivity index (χ1v) is 11.8. The fourth-order valence-electron chi connectivity index (χ4n) is 5.31. The minimum atomic E-state index is 0.384. The third-order valence-corrected chi connectivity index (χ3v) is 6.88. The van der Waals surface area contributed by atoms with Crippen LogP contribution in [0.1, 0.15) is 42.5 Å². The summed E-state index contributed by atoms with van der Waals surface area (Å²) in [6.07, 6.45) is 3.02. The van der Waals surface area contributed by atoms with E-state index in [-0.39, 0.29) is 0 Å². The van der Waals surface area contributed by atoms with Crippen molar-refractivity contribution in [3.05, 3.63) is 119 Å². The second-order valence-corrected chi connectivity index (χ2v) is 9.00. The van der Waals surface area contributed by atoms with Gasteiger partial charge >= 0.3 is 0 Å². The van der Waals surface area contributed by atoms with E-state index in [2.05, 4.69) is 104 Å². The summed E-state index contributed by atoms with van der Waals surface area (Å²) in [6.45, 7) is 2.16. The van der Waals surface area contributed by atoms with E-state index in [1.807, 2.05) is 0 Å². The van der Waals surface area contributed by atoms with E-state index >= 15 is 0 Å².